The fourth-order valence-corrected chi connectivity index (χ4v) is 2.03. The Morgan fingerprint density at radius 2 is 2.00 bits per heavy atom. The highest BCUT2D eigenvalue weighted by atomic mass is 35.5. The van der Waals surface area contributed by atoms with Gasteiger partial charge in [0.05, 0.1) is 5.02 Å². The number of halogens is 1. The Balaban J connectivity index is 2.16. The summed E-state index contributed by atoms with van der Waals surface area (Å²) in [4.78, 5) is 10.3. The van der Waals surface area contributed by atoms with Crippen LogP contribution in [0.4, 0.5) is 5.82 Å². The first-order valence-corrected chi connectivity index (χ1v) is 6.03. The van der Waals surface area contributed by atoms with Crippen LogP contribution in [0.2, 0.25) is 5.02 Å². The monoisotopic (exact) mass is 262 g/mol. The maximum Gasteiger partial charge on any atom is 0.147 e. The van der Waals surface area contributed by atoms with E-state index in [1.54, 1.807) is 18.6 Å². The quantitative estimate of drug-likeness (QED) is 0.918. The number of nitrogens with zero attached hydrogens (tertiary/aromatic N) is 3. The van der Waals surface area contributed by atoms with E-state index >= 15 is 0 Å². The third-order valence-electron chi connectivity index (χ3n) is 2.64. The van der Waals surface area contributed by atoms with Gasteiger partial charge in [0.1, 0.15) is 5.82 Å². The van der Waals surface area contributed by atoms with Crippen LogP contribution in [0.15, 0.2) is 36.8 Å². The second-order valence-corrected chi connectivity index (χ2v) is 4.47. The lowest BCUT2D eigenvalue weighted by Crippen LogP contribution is -2.18. The van der Waals surface area contributed by atoms with Gasteiger partial charge in [-0.25, -0.2) is 4.98 Å². The fraction of sp³-hybridized carbons (Fsp3) is 0.231. The van der Waals surface area contributed by atoms with E-state index < -0.39 is 0 Å². The molecule has 0 atom stereocenters. The van der Waals surface area contributed by atoms with Crippen LogP contribution in [0.5, 0.6) is 0 Å². The van der Waals surface area contributed by atoms with Crippen molar-refractivity contribution in [3.8, 4) is 0 Å². The van der Waals surface area contributed by atoms with E-state index in [2.05, 4.69) is 9.97 Å². The summed E-state index contributed by atoms with van der Waals surface area (Å²) in [6.45, 7) is 1.18. The van der Waals surface area contributed by atoms with Crippen LogP contribution in [-0.2, 0) is 13.1 Å². The van der Waals surface area contributed by atoms with Gasteiger partial charge < -0.3 is 10.6 Å². The molecule has 0 saturated heterocycles. The van der Waals surface area contributed by atoms with Crippen LogP contribution in [0, 0.1) is 0 Å². The molecule has 94 valence electrons. The van der Waals surface area contributed by atoms with Crippen molar-refractivity contribution in [3.63, 3.8) is 0 Å². The lowest BCUT2D eigenvalue weighted by molar-refractivity contribution is 0.891. The molecule has 0 amide bonds. The zero-order chi connectivity index (χ0) is 13.0. The smallest absolute Gasteiger partial charge is 0.147 e. The van der Waals surface area contributed by atoms with Crippen LogP contribution in [0.1, 0.15) is 11.1 Å². The highest BCUT2D eigenvalue weighted by Gasteiger charge is 2.08. The minimum Gasteiger partial charge on any atom is -0.354 e. The first-order chi connectivity index (χ1) is 8.70. The number of pyridine rings is 2. The molecule has 0 bridgehead atoms. The minimum absolute atomic E-state index is 0.446. The second kappa shape index (κ2) is 5.80. The molecular weight excluding hydrogens is 248 g/mol. The van der Waals surface area contributed by atoms with Gasteiger partial charge in [-0.2, -0.15) is 0 Å². The van der Waals surface area contributed by atoms with Gasteiger partial charge in [-0.15, -0.1) is 0 Å². The molecule has 2 heterocycles. The van der Waals surface area contributed by atoms with Gasteiger partial charge in [0.2, 0.25) is 0 Å². The van der Waals surface area contributed by atoms with Gasteiger partial charge in [-0.1, -0.05) is 11.6 Å². The summed E-state index contributed by atoms with van der Waals surface area (Å²) < 4.78 is 0. The second-order valence-electron chi connectivity index (χ2n) is 4.06. The normalized spacial score (nSPS) is 10.4. The Hall–Kier alpha value is -1.65. The van der Waals surface area contributed by atoms with Crippen molar-refractivity contribution >= 4 is 17.4 Å². The van der Waals surface area contributed by atoms with Crippen LogP contribution in [0.3, 0.4) is 0 Å². The van der Waals surface area contributed by atoms with Crippen LogP contribution >= 0.6 is 11.6 Å². The highest BCUT2D eigenvalue weighted by Crippen LogP contribution is 2.24. The lowest BCUT2D eigenvalue weighted by atomic mass is 10.2. The third-order valence-corrected chi connectivity index (χ3v) is 2.92. The van der Waals surface area contributed by atoms with Crippen LogP contribution in [-0.4, -0.2) is 17.0 Å². The predicted molar refractivity (Wildman–Crippen MR) is 73.5 cm³/mol. The lowest BCUT2D eigenvalue weighted by Gasteiger charge is -2.19. The molecule has 2 rings (SSSR count). The van der Waals surface area contributed by atoms with E-state index in [0.717, 1.165) is 23.5 Å². The Morgan fingerprint density at radius 3 is 2.61 bits per heavy atom. The fourth-order valence-electron chi connectivity index (χ4n) is 1.70. The molecule has 2 aromatic rings. The molecule has 0 radical (unpaired) electrons. The first kappa shape index (κ1) is 12.8. The molecule has 0 aliphatic carbocycles. The van der Waals surface area contributed by atoms with E-state index in [1.807, 2.05) is 30.1 Å². The zero-order valence-electron chi connectivity index (χ0n) is 10.2. The summed E-state index contributed by atoms with van der Waals surface area (Å²) >= 11 is 6.20. The topological polar surface area (TPSA) is 55.0 Å². The molecular formula is C13H15ClN4. The van der Waals surface area contributed by atoms with Gasteiger partial charge in [0, 0.05) is 38.7 Å². The highest BCUT2D eigenvalue weighted by molar-refractivity contribution is 6.33. The Bertz CT molecular complexity index is 516. The van der Waals surface area contributed by atoms with Crippen molar-refractivity contribution in [1.29, 1.82) is 0 Å². The summed E-state index contributed by atoms with van der Waals surface area (Å²) in [6, 6.07) is 5.80. The van der Waals surface area contributed by atoms with Crippen molar-refractivity contribution in [3.05, 3.63) is 52.9 Å². The van der Waals surface area contributed by atoms with Crippen molar-refractivity contribution in [1.82, 2.24) is 9.97 Å². The summed E-state index contributed by atoms with van der Waals surface area (Å²) in [5.41, 5.74) is 7.64. The maximum atomic E-state index is 6.20. The third kappa shape index (κ3) is 2.97. The van der Waals surface area contributed by atoms with E-state index in [-0.39, 0.29) is 0 Å². The number of hydrogen-bond acceptors (Lipinski definition) is 4. The average molecular weight is 263 g/mol. The van der Waals surface area contributed by atoms with Gasteiger partial charge >= 0.3 is 0 Å². The molecule has 2 aromatic heterocycles. The number of nitrogens with two attached hydrogens (primary N) is 1. The molecule has 18 heavy (non-hydrogen) atoms. The Kier molecular flexibility index (Phi) is 4.12. The van der Waals surface area contributed by atoms with Gasteiger partial charge in [-0.05, 0) is 29.3 Å². The van der Waals surface area contributed by atoms with Gasteiger partial charge in [-0.3, -0.25) is 4.98 Å². The molecule has 5 heteroatoms. The zero-order valence-corrected chi connectivity index (χ0v) is 10.9. The maximum absolute atomic E-state index is 6.20. The van der Waals surface area contributed by atoms with Crippen molar-refractivity contribution in [2.75, 3.05) is 11.9 Å². The minimum atomic E-state index is 0.446. The summed E-state index contributed by atoms with van der Waals surface area (Å²) in [5, 5.41) is 0.620. The number of rotatable bonds is 4. The molecule has 0 saturated carbocycles. The molecule has 0 aromatic carbocycles. The van der Waals surface area contributed by atoms with E-state index in [9.17, 15) is 0 Å². The first-order valence-electron chi connectivity index (χ1n) is 5.65. The van der Waals surface area contributed by atoms with E-state index in [1.165, 1.54) is 0 Å². The molecule has 2 N–H and O–H groups in total. The molecule has 0 spiro atoms. The SMILES string of the molecule is CN(Cc1ccncc1)c1ncc(CN)cc1Cl. The number of anilines is 1. The standard InChI is InChI=1S/C13H15ClN4/c1-18(9-10-2-4-16-5-3-10)13-12(14)6-11(7-15)8-17-13/h2-6,8H,7,9,15H2,1H3. The van der Waals surface area contributed by atoms with E-state index in [4.69, 9.17) is 17.3 Å². The average Bonchev–Trinajstić information content (AvgIpc) is 2.39. The Morgan fingerprint density at radius 1 is 1.28 bits per heavy atom. The molecule has 4 nitrogen and oxygen atoms in total. The molecule has 0 aliphatic heterocycles. The molecule has 0 aliphatic rings. The van der Waals surface area contributed by atoms with Crippen molar-refractivity contribution < 1.29 is 0 Å². The molecule has 0 fully saturated rings. The summed E-state index contributed by atoms with van der Waals surface area (Å²) in [5.74, 6) is 0.755. The van der Waals surface area contributed by atoms with Crippen molar-refractivity contribution in [2.45, 2.75) is 13.1 Å². The predicted octanol–water partition coefficient (Wildman–Crippen LogP) is 2.23. The number of hydrogen-bond donors (Lipinski definition) is 1. The van der Waals surface area contributed by atoms with Crippen molar-refractivity contribution in [2.24, 2.45) is 5.73 Å². The van der Waals surface area contributed by atoms with Gasteiger partial charge in [0.25, 0.3) is 0 Å². The summed E-state index contributed by atoms with van der Waals surface area (Å²) in [7, 11) is 1.96. The largest absolute Gasteiger partial charge is 0.354 e. The number of aromatic nitrogens is 2. The van der Waals surface area contributed by atoms with E-state index in [0.29, 0.717) is 11.6 Å². The van der Waals surface area contributed by atoms with Gasteiger partial charge in [0.15, 0.2) is 0 Å². The van der Waals surface area contributed by atoms with Crippen LogP contribution < -0.4 is 10.6 Å². The van der Waals surface area contributed by atoms with Crippen LogP contribution in [0.25, 0.3) is 0 Å². The summed E-state index contributed by atoms with van der Waals surface area (Å²) in [6.07, 6.45) is 5.30. The Labute approximate surface area is 111 Å². The molecule has 0 unspecified atom stereocenters.